The Morgan fingerprint density at radius 1 is 0.412 bits per heavy atom. The zero-order valence-electron chi connectivity index (χ0n) is 55.4. The van der Waals surface area contributed by atoms with Crippen molar-refractivity contribution in [1.29, 1.82) is 0 Å². The number of amides is 1. The van der Waals surface area contributed by atoms with E-state index in [0.717, 1.165) is 70.6 Å². The highest BCUT2D eigenvalue weighted by molar-refractivity contribution is 5.76. The summed E-state index contributed by atoms with van der Waals surface area (Å²) in [6.07, 6.45) is 85.6. The summed E-state index contributed by atoms with van der Waals surface area (Å²) in [5.41, 5.74) is 0. The van der Waals surface area contributed by atoms with Gasteiger partial charge in [0.05, 0.1) is 25.4 Å². The molecule has 0 aliphatic carbocycles. The fourth-order valence-corrected chi connectivity index (χ4v) is 11.3. The fourth-order valence-electron chi connectivity index (χ4n) is 11.3. The summed E-state index contributed by atoms with van der Waals surface area (Å²) >= 11 is 0. The lowest BCUT2D eigenvalue weighted by Gasteiger charge is -2.40. The molecule has 1 fully saturated rings. The van der Waals surface area contributed by atoms with Crippen LogP contribution in [-0.4, -0.2) is 87.5 Å². The van der Waals surface area contributed by atoms with Crippen molar-refractivity contribution in [2.24, 2.45) is 0 Å². The average Bonchev–Trinajstić information content (AvgIpc) is 3.66. The monoisotopic (exact) mass is 1190 g/mol. The van der Waals surface area contributed by atoms with Gasteiger partial charge in [-0.15, -0.1) is 0 Å². The molecule has 85 heavy (non-hydrogen) atoms. The maximum atomic E-state index is 13.1. The van der Waals surface area contributed by atoms with E-state index in [1.165, 1.54) is 244 Å². The van der Waals surface area contributed by atoms with Crippen molar-refractivity contribution >= 4 is 5.91 Å². The Morgan fingerprint density at radius 2 is 0.741 bits per heavy atom. The number of aliphatic hydroxyl groups excluding tert-OH is 5. The van der Waals surface area contributed by atoms with Gasteiger partial charge >= 0.3 is 0 Å². The molecule has 0 saturated carbocycles. The van der Waals surface area contributed by atoms with Gasteiger partial charge in [-0.05, 0) is 77.0 Å². The first-order valence-corrected chi connectivity index (χ1v) is 36.3. The first-order chi connectivity index (χ1) is 41.8. The summed E-state index contributed by atoms with van der Waals surface area (Å²) < 4.78 is 11.3. The number of carbonyl (C=O) groups is 1. The topological polar surface area (TPSA) is 149 Å². The lowest BCUT2D eigenvalue weighted by Crippen LogP contribution is -2.60. The van der Waals surface area contributed by atoms with Crippen molar-refractivity contribution in [3.8, 4) is 0 Å². The van der Waals surface area contributed by atoms with E-state index in [4.69, 9.17) is 9.47 Å². The van der Waals surface area contributed by atoms with Gasteiger partial charge < -0.3 is 40.3 Å². The average molecular weight is 1190 g/mol. The van der Waals surface area contributed by atoms with Crippen LogP contribution in [0.25, 0.3) is 0 Å². The summed E-state index contributed by atoms with van der Waals surface area (Å²) in [5.74, 6) is -0.182. The SMILES string of the molecule is CC/C=C\C/C=C\C/C=C\C/C=C\C/C=C\CCCCCCCCCCCCCCCCCCCCCCCCCC(=O)NC(COC1OC(CO)C(O)C(O)C1O)C(O)/C=C/CC/C=C/CCCCCCCCCCCCCCCCCCC. The van der Waals surface area contributed by atoms with Crippen LogP contribution >= 0.6 is 0 Å². The maximum Gasteiger partial charge on any atom is 0.220 e. The van der Waals surface area contributed by atoms with E-state index >= 15 is 0 Å². The zero-order valence-corrected chi connectivity index (χ0v) is 55.4. The fraction of sp³-hybridized carbons (Fsp3) is 0.803. The molecule has 0 radical (unpaired) electrons. The molecule has 1 heterocycles. The van der Waals surface area contributed by atoms with E-state index in [9.17, 15) is 30.3 Å². The summed E-state index contributed by atoms with van der Waals surface area (Å²) in [5, 5.41) is 54.7. The van der Waals surface area contributed by atoms with Crippen LogP contribution in [-0.2, 0) is 14.3 Å². The predicted molar refractivity (Wildman–Crippen MR) is 364 cm³/mol. The van der Waals surface area contributed by atoms with Crippen LogP contribution in [0.5, 0.6) is 0 Å². The van der Waals surface area contributed by atoms with Crippen molar-refractivity contribution in [3.05, 3.63) is 85.1 Å². The molecule has 9 heteroatoms. The van der Waals surface area contributed by atoms with Gasteiger partial charge in [-0.25, -0.2) is 0 Å². The molecule has 9 nitrogen and oxygen atoms in total. The van der Waals surface area contributed by atoms with Gasteiger partial charge in [0, 0.05) is 6.42 Å². The highest BCUT2D eigenvalue weighted by Gasteiger charge is 2.44. The van der Waals surface area contributed by atoms with Gasteiger partial charge in [0.1, 0.15) is 24.4 Å². The molecule has 1 rings (SSSR count). The van der Waals surface area contributed by atoms with Crippen LogP contribution in [0.1, 0.15) is 335 Å². The lowest BCUT2D eigenvalue weighted by molar-refractivity contribution is -0.302. The summed E-state index contributed by atoms with van der Waals surface area (Å²) in [6, 6.07) is -0.824. The molecule has 7 atom stereocenters. The second kappa shape index (κ2) is 64.4. The number of hydrogen-bond acceptors (Lipinski definition) is 8. The number of nitrogens with one attached hydrogen (secondary N) is 1. The summed E-state index contributed by atoms with van der Waals surface area (Å²) in [6.45, 7) is 3.69. The number of aliphatic hydroxyl groups is 5. The summed E-state index contributed by atoms with van der Waals surface area (Å²) in [4.78, 5) is 13.1. The van der Waals surface area contributed by atoms with Crippen LogP contribution in [0.4, 0.5) is 0 Å². The molecular formula is C76H137NO8. The minimum absolute atomic E-state index is 0.182. The van der Waals surface area contributed by atoms with Gasteiger partial charge in [-0.3, -0.25) is 4.79 Å². The highest BCUT2D eigenvalue weighted by atomic mass is 16.7. The molecule has 0 aromatic rings. The van der Waals surface area contributed by atoms with Crippen LogP contribution in [0.2, 0.25) is 0 Å². The molecule has 494 valence electrons. The van der Waals surface area contributed by atoms with Crippen molar-refractivity contribution in [2.75, 3.05) is 13.2 Å². The maximum absolute atomic E-state index is 13.1. The van der Waals surface area contributed by atoms with Gasteiger partial charge in [-0.2, -0.15) is 0 Å². The molecule has 7 unspecified atom stereocenters. The number of rotatable bonds is 63. The van der Waals surface area contributed by atoms with E-state index in [1.54, 1.807) is 6.08 Å². The number of unbranched alkanes of at least 4 members (excludes halogenated alkanes) is 41. The molecule has 1 aliphatic rings. The number of carbonyl (C=O) groups excluding carboxylic acids is 1. The van der Waals surface area contributed by atoms with E-state index < -0.39 is 49.5 Å². The molecule has 1 amide bonds. The number of ether oxygens (including phenoxy) is 2. The molecule has 6 N–H and O–H groups in total. The third-order valence-corrected chi connectivity index (χ3v) is 17.0. The van der Waals surface area contributed by atoms with Gasteiger partial charge in [0.25, 0.3) is 0 Å². The molecule has 0 spiro atoms. The molecule has 1 saturated heterocycles. The Bertz CT molecular complexity index is 1620. The number of hydrogen-bond donors (Lipinski definition) is 6. The Labute approximate surface area is 524 Å². The second-order valence-electron chi connectivity index (χ2n) is 25.0. The van der Waals surface area contributed by atoms with E-state index in [-0.39, 0.29) is 12.5 Å². The molecule has 0 aromatic heterocycles. The minimum atomic E-state index is -1.57. The van der Waals surface area contributed by atoms with Crippen LogP contribution in [0.3, 0.4) is 0 Å². The first-order valence-electron chi connectivity index (χ1n) is 36.3. The molecular weight excluding hydrogens is 1050 g/mol. The minimum Gasteiger partial charge on any atom is -0.394 e. The second-order valence-corrected chi connectivity index (χ2v) is 25.0. The number of allylic oxidation sites excluding steroid dienone is 13. The van der Waals surface area contributed by atoms with Gasteiger partial charge in [0.15, 0.2) is 6.29 Å². The third kappa shape index (κ3) is 53.0. The molecule has 1 aliphatic heterocycles. The summed E-state index contributed by atoms with van der Waals surface area (Å²) in [7, 11) is 0. The highest BCUT2D eigenvalue weighted by Crippen LogP contribution is 2.23. The normalized spacial score (nSPS) is 18.6. The van der Waals surface area contributed by atoms with Gasteiger partial charge in [-0.1, -0.05) is 336 Å². The van der Waals surface area contributed by atoms with Crippen molar-refractivity contribution < 1.29 is 39.8 Å². The van der Waals surface area contributed by atoms with E-state index in [1.807, 2.05) is 6.08 Å². The van der Waals surface area contributed by atoms with Crippen LogP contribution in [0, 0.1) is 0 Å². The van der Waals surface area contributed by atoms with E-state index in [0.29, 0.717) is 6.42 Å². The quantitative estimate of drug-likeness (QED) is 0.0261. The Kier molecular flexibility index (Phi) is 60.9. The van der Waals surface area contributed by atoms with E-state index in [2.05, 4.69) is 92.1 Å². The Balaban J connectivity index is 2.09. The van der Waals surface area contributed by atoms with Crippen molar-refractivity contribution in [1.82, 2.24) is 5.32 Å². The standard InChI is InChI=1S/C76H137NO8/c1-3-5-7-9-11-13-15-17-19-21-23-25-27-28-29-30-31-32-33-34-35-36-37-38-39-40-41-42-44-46-48-50-52-54-56-58-60-62-64-66-72(80)77-69(68-84-76-75(83)74(82)73(81)71(67-78)85-76)70(79)65-63-61-59-57-55-53-51-49-47-45-43-26-24-22-20-18-16-14-12-10-8-6-4-2/h5,7,11,13,17,19,23,25,28-29,55,57,63,65,69-71,73-76,78-79,81-83H,3-4,6,8-10,12,14-16,18,20-22,24,26-27,30-54,56,58-62,64,66-68H2,1-2H3,(H,77,80)/b7-5-,13-11-,19-17-,25-23-,29-28-,57-55+,65-63+. The molecule has 0 aromatic carbocycles. The van der Waals surface area contributed by atoms with Crippen molar-refractivity contribution in [3.63, 3.8) is 0 Å². The first kappa shape index (κ1) is 80.4. The Morgan fingerprint density at radius 3 is 1.13 bits per heavy atom. The Hall–Kier alpha value is -2.63. The largest absolute Gasteiger partial charge is 0.394 e. The van der Waals surface area contributed by atoms with Crippen LogP contribution < -0.4 is 5.32 Å². The zero-order chi connectivity index (χ0) is 61.4. The third-order valence-electron chi connectivity index (χ3n) is 17.0. The van der Waals surface area contributed by atoms with Gasteiger partial charge in [0.2, 0.25) is 5.91 Å². The molecule has 0 bridgehead atoms. The smallest absolute Gasteiger partial charge is 0.220 e. The van der Waals surface area contributed by atoms with Crippen LogP contribution in [0.15, 0.2) is 85.1 Å². The lowest BCUT2D eigenvalue weighted by atomic mass is 9.99. The van der Waals surface area contributed by atoms with Crippen molar-refractivity contribution in [2.45, 2.75) is 378 Å². The predicted octanol–water partition coefficient (Wildman–Crippen LogP) is 20.1.